The predicted molar refractivity (Wildman–Crippen MR) is 74.6 cm³/mol. The Morgan fingerprint density at radius 3 is 2.67 bits per heavy atom. The third-order valence-corrected chi connectivity index (χ3v) is 4.68. The van der Waals surface area contributed by atoms with Crippen molar-refractivity contribution in [3.63, 3.8) is 0 Å². The van der Waals surface area contributed by atoms with Gasteiger partial charge in [0.15, 0.2) is 9.84 Å². The van der Waals surface area contributed by atoms with Crippen LogP contribution in [-0.4, -0.2) is 31.6 Å². The summed E-state index contributed by atoms with van der Waals surface area (Å²) < 4.78 is 28.9. The van der Waals surface area contributed by atoms with Gasteiger partial charge in [-0.1, -0.05) is 22.9 Å². The lowest BCUT2D eigenvalue weighted by molar-refractivity contribution is 0.192. The molecule has 0 radical (unpaired) electrons. The van der Waals surface area contributed by atoms with Gasteiger partial charge >= 0.3 is 0 Å². The average molecular weight is 337 g/mol. The summed E-state index contributed by atoms with van der Waals surface area (Å²) >= 11 is 3.31. The fraction of sp³-hybridized carbons (Fsp3) is 0.500. The van der Waals surface area contributed by atoms with Crippen molar-refractivity contribution in [2.75, 3.05) is 18.1 Å². The van der Waals surface area contributed by atoms with Crippen LogP contribution >= 0.6 is 15.9 Å². The number of benzene rings is 1. The van der Waals surface area contributed by atoms with Crippen LogP contribution in [0.25, 0.3) is 0 Å². The molecule has 0 saturated heterocycles. The highest BCUT2D eigenvalue weighted by Crippen LogP contribution is 2.28. The van der Waals surface area contributed by atoms with Gasteiger partial charge in [-0.2, -0.15) is 0 Å². The SMILES string of the molecule is CCS(=O)(=O)CCOc1ccc(Br)cc1[C@H](C)O. The maximum atomic E-state index is 11.3. The summed E-state index contributed by atoms with van der Waals surface area (Å²) in [6.07, 6.45) is -0.666. The number of hydrogen-bond donors (Lipinski definition) is 1. The maximum absolute atomic E-state index is 11.3. The molecule has 0 spiro atoms. The highest BCUT2D eigenvalue weighted by atomic mass is 79.9. The van der Waals surface area contributed by atoms with E-state index in [1.54, 1.807) is 32.0 Å². The van der Waals surface area contributed by atoms with Gasteiger partial charge in [-0.3, -0.25) is 0 Å². The van der Waals surface area contributed by atoms with Crippen LogP contribution in [0.5, 0.6) is 5.75 Å². The van der Waals surface area contributed by atoms with Gasteiger partial charge in [-0.15, -0.1) is 0 Å². The van der Waals surface area contributed by atoms with Crippen molar-refractivity contribution in [3.05, 3.63) is 28.2 Å². The monoisotopic (exact) mass is 336 g/mol. The highest BCUT2D eigenvalue weighted by molar-refractivity contribution is 9.10. The largest absolute Gasteiger partial charge is 0.492 e. The van der Waals surface area contributed by atoms with Crippen LogP contribution in [-0.2, 0) is 9.84 Å². The number of rotatable bonds is 6. The van der Waals surface area contributed by atoms with Gasteiger partial charge in [0.25, 0.3) is 0 Å². The van der Waals surface area contributed by atoms with Gasteiger partial charge in [0.05, 0.1) is 11.9 Å². The smallest absolute Gasteiger partial charge is 0.153 e. The zero-order chi connectivity index (χ0) is 13.8. The second kappa shape index (κ2) is 6.54. The number of sulfone groups is 1. The summed E-state index contributed by atoms with van der Waals surface area (Å²) in [5, 5.41) is 9.62. The lowest BCUT2D eigenvalue weighted by Gasteiger charge is -2.13. The first kappa shape index (κ1) is 15.5. The van der Waals surface area contributed by atoms with Crippen molar-refractivity contribution >= 4 is 25.8 Å². The molecule has 1 atom stereocenters. The number of ether oxygens (including phenoxy) is 1. The molecule has 0 heterocycles. The zero-order valence-electron chi connectivity index (χ0n) is 10.4. The van der Waals surface area contributed by atoms with Crippen LogP contribution in [0.15, 0.2) is 22.7 Å². The molecule has 1 N–H and O–H groups in total. The van der Waals surface area contributed by atoms with Crippen molar-refractivity contribution in [1.82, 2.24) is 0 Å². The number of aliphatic hydroxyl groups is 1. The minimum Gasteiger partial charge on any atom is -0.492 e. The van der Waals surface area contributed by atoms with E-state index in [0.29, 0.717) is 11.3 Å². The molecule has 1 aromatic carbocycles. The molecule has 0 aliphatic carbocycles. The summed E-state index contributed by atoms with van der Waals surface area (Å²) in [4.78, 5) is 0. The van der Waals surface area contributed by atoms with E-state index in [2.05, 4.69) is 15.9 Å². The predicted octanol–water partition coefficient (Wildman–Crippen LogP) is 2.32. The van der Waals surface area contributed by atoms with Crippen LogP contribution in [0, 0.1) is 0 Å². The normalized spacial score (nSPS) is 13.3. The molecule has 0 fully saturated rings. The molecule has 0 bridgehead atoms. The van der Waals surface area contributed by atoms with Crippen molar-refractivity contribution in [2.24, 2.45) is 0 Å². The Balaban J connectivity index is 2.73. The number of halogens is 1. The Hall–Kier alpha value is -0.590. The van der Waals surface area contributed by atoms with Gasteiger partial charge in [0.1, 0.15) is 12.4 Å². The van der Waals surface area contributed by atoms with Crippen molar-refractivity contribution in [2.45, 2.75) is 20.0 Å². The van der Waals surface area contributed by atoms with Crippen molar-refractivity contribution in [3.8, 4) is 5.75 Å². The van der Waals surface area contributed by atoms with Gasteiger partial charge in [0.2, 0.25) is 0 Å². The van der Waals surface area contributed by atoms with Crippen molar-refractivity contribution < 1.29 is 18.3 Å². The molecule has 0 aliphatic heterocycles. The summed E-state index contributed by atoms with van der Waals surface area (Å²) in [6.45, 7) is 3.34. The molecule has 0 saturated carbocycles. The van der Waals surface area contributed by atoms with E-state index in [-0.39, 0.29) is 18.1 Å². The Bertz CT molecular complexity index is 497. The molecule has 0 amide bonds. The molecule has 0 unspecified atom stereocenters. The number of aliphatic hydroxyl groups excluding tert-OH is 1. The second-order valence-electron chi connectivity index (χ2n) is 3.94. The van der Waals surface area contributed by atoms with E-state index < -0.39 is 15.9 Å². The number of hydrogen-bond acceptors (Lipinski definition) is 4. The minimum atomic E-state index is -3.03. The maximum Gasteiger partial charge on any atom is 0.153 e. The first-order chi connectivity index (χ1) is 8.35. The van der Waals surface area contributed by atoms with Crippen molar-refractivity contribution in [1.29, 1.82) is 0 Å². The second-order valence-corrected chi connectivity index (χ2v) is 7.33. The van der Waals surface area contributed by atoms with Crippen LogP contribution in [0.2, 0.25) is 0 Å². The molecular formula is C12H17BrO4S. The lowest BCUT2D eigenvalue weighted by atomic mass is 10.1. The van der Waals surface area contributed by atoms with Crippen LogP contribution < -0.4 is 4.74 Å². The third-order valence-electron chi connectivity index (χ3n) is 2.51. The van der Waals surface area contributed by atoms with Gasteiger partial charge < -0.3 is 9.84 Å². The molecule has 1 aromatic rings. The molecular weight excluding hydrogens is 320 g/mol. The summed E-state index contributed by atoms with van der Waals surface area (Å²) in [7, 11) is -3.03. The Kier molecular flexibility index (Phi) is 5.62. The molecule has 18 heavy (non-hydrogen) atoms. The molecule has 102 valence electrons. The fourth-order valence-electron chi connectivity index (χ4n) is 1.40. The van der Waals surface area contributed by atoms with E-state index in [1.165, 1.54) is 0 Å². The summed E-state index contributed by atoms with van der Waals surface area (Å²) in [5.74, 6) is 0.609. The lowest BCUT2D eigenvalue weighted by Crippen LogP contribution is -2.16. The first-order valence-electron chi connectivity index (χ1n) is 5.66. The topological polar surface area (TPSA) is 63.6 Å². The molecule has 6 heteroatoms. The zero-order valence-corrected chi connectivity index (χ0v) is 12.8. The molecule has 1 rings (SSSR count). The Morgan fingerprint density at radius 2 is 2.11 bits per heavy atom. The minimum absolute atomic E-state index is 0.0151. The van der Waals surface area contributed by atoms with Gasteiger partial charge in [-0.05, 0) is 25.1 Å². The van der Waals surface area contributed by atoms with Crippen LogP contribution in [0.1, 0.15) is 25.5 Å². The standard InChI is InChI=1S/C12H17BrO4S/c1-3-18(15,16)7-6-17-12-5-4-10(13)8-11(12)9(2)14/h4-5,8-9,14H,3,6-7H2,1-2H3/t9-/m0/s1. The Labute approximate surface area is 116 Å². The van der Waals surface area contributed by atoms with E-state index in [4.69, 9.17) is 4.74 Å². The van der Waals surface area contributed by atoms with E-state index in [1.807, 2.05) is 0 Å². The fourth-order valence-corrected chi connectivity index (χ4v) is 2.40. The average Bonchev–Trinajstić information content (AvgIpc) is 2.30. The van der Waals surface area contributed by atoms with E-state index >= 15 is 0 Å². The molecule has 0 aliphatic rings. The van der Waals surface area contributed by atoms with E-state index in [9.17, 15) is 13.5 Å². The first-order valence-corrected chi connectivity index (χ1v) is 8.28. The van der Waals surface area contributed by atoms with E-state index in [0.717, 1.165) is 4.47 Å². The molecule has 0 aromatic heterocycles. The van der Waals surface area contributed by atoms with Gasteiger partial charge in [0, 0.05) is 15.8 Å². The van der Waals surface area contributed by atoms with Gasteiger partial charge in [-0.25, -0.2) is 8.42 Å². The Morgan fingerprint density at radius 1 is 1.44 bits per heavy atom. The molecule has 4 nitrogen and oxygen atoms in total. The highest BCUT2D eigenvalue weighted by Gasteiger charge is 2.12. The summed E-state index contributed by atoms with van der Waals surface area (Å²) in [5.41, 5.74) is 0.637. The quantitative estimate of drug-likeness (QED) is 0.865. The van der Waals surface area contributed by atoms with Crippen LogP contribution in [0.4, 0.5) is 0 Å². The summed E-state index contributed by atoms with van der Waals surface area (Å²) in [6, 6.07) is 5.26. The third kappa shape index (κ3) is 4.59. The van der Waals surface area contributed by atoms with Crippen LogP contribution in [0.3, 0.4) is 0 Å².